The van der Waals surface area contributed by atoms with Crippen molar-refractivity contribution in [3.63, 3.8) is 0 Å². The maximum absolute atomic E-state index is 2.39. The van der Waals surface area contributed by atoms with Crippen molar-refractivity contribution in [1.82, 2.24) is 0 Å². The molecule has 0 fully saturated rings. The Morgan fingerprint density at radius 3 is 1.23 bits per heavy atom. The first-order valence-corrected chi connectivity index (χ1v) is 7.03. The van der Waals surface area contributed by atoms with E-state index in [1.807, 2.05) is 0 Å². The van der Waals surface area contributed by atoms with Crippen molar-refractivity contribution in [2.45, 2.75) is 0 Å². The van der Waals surface area contributed by atoms with E-state index in [-0.39, 0.29) is 37.2 Å². The summed E-state index contributed by atoms with van der Waals surface area (Å²) in [6.07, 6.45) is 0. The van der Waals surface area contributed by atoms with E-state index in [4.69, 9.17) is 0 Å². The molecule has 6 N–H and O–H groups in total. The highest BCUT2D eigenvalue weighted by Gasteiger charge is 1.98. The number of nitrogens with two attached hydrogens (primary N) is 3. The summed E-state index contributed by atoms with van der Waals surface area (Å²) in [7, 11) is 0. The average molecular weight is 365 g/mol. The van der Waals surface area contributed by atoms with Crippen LogP contribution < -0.4 is 53.2 Å². The van der Waals surface area contributed by atoms with Crippen molar-refractivity contribution in [3.8, 4) is 0 Å². The Kier molecular flexibility index (Phi) is 16.1. The van der Waals surface area contributed by atoms with Crippen LogP contribution in [0.3, 0.4) is 0 Å². The number of rotatable bonds is 8. The van der Waals surface area contributed by atoms with E-state index in [2.05, 4.69) is 76.6 Å². The predicted molar refractivity (Wildman–Crippen MR) is 77.4 cm³/mol. The first-order chi connectivity index (χ1) is 9.45. The molecular weight excluding hydrogens is 341 g/mol. The van der Waals surface area contributed by atoms with Crippen LogP contribution in [0.2, 0.25) is 0 Å². The van der Waals surface area contributed by atoms with Crippen LogP contribution in [0.4, 0.5) is 11.4 Å². The Balaban J connectivity index is 0. The van der Waals surface area contributed by atoms with Crippen molar-refractivity contribution in [1.29, 1.82) is 0 Å². The third kappa shape index (κ3) is 10.0. The van der Waals surface area contributed by atoms with Crippen molar-refractivity contribution in [2.24, 2.45) is 0 Å². The van der Waals surface area contributed by atoms with E-state index >= 15 is 0 Å². The predicted octanol–water partition coefficient (Wildman–Crippen LogP) is -9.65. The molecule has 22 heavy (non-hydrogen) atoms. The molecule has 0 heterocycles. The Labute approximate surface area is 151 Å². The van der Waals surface area contributed by atoms with Crippen molar-refractivity contribution in [3.05, 3.63) is 60.7 Å². The Hall–Kier alpha value is -0.810. The topological polar surface area (TPSA) is 49.8 Å². The summed E-state index contributed by atoms with van der Waals surface area (Å²) in [4.78, 5) is 0. The van der Waals surface area contributed by atoms with Gasteiger partial charge < -0.3 is 53.2 Å². The molecule has 0 saturated carbocycles. The molecule has 0 aliphatic heterocycles. The van der Waals surface area contributed by atoms with Gasteiger partial charge in [0.2, 0.25) is 0 Å². The number of benzene rings is 2. The monoisotopic (exact) mass is 363 g/mol. The Bertz CT molecular complexity index is 411. The van der Waals surface area contributed by atoms with Crippen LogP contribution in [-0.2, 0) is 0 Å². The summed E-state index contributed by atoms with van der Waals surface area (Å²) in [6, 6.07) is 21.1. The highest BCUT2D eigenvalue weighted by molar-refractivity contribution is 5.27. The first-order valence-electron chi connectivity index (χ1n) is 7.03. The minimum absolute atomic E-state index is 0. The molecule has 0 saturated heterocycles. The van der Waals surface area contributed by atoms with E-state index in [1.54, 1.807) is 0 Å². The van der Waals surface area contributed by atoms with Crippen molar-refractivity contribution >= 4 is 11.4 Å². The third-order valence-corrected chi connectivity index (χ3v) is 3.10. The van der Waals surface area contributed by atoms with E-state index in [0.29, 0.717) is 0 Å². The fourth-order valence-corrected chi connectivity index (χ4v) is 2.06. The average Bonchev–Trinajstić information content (AvgIpc) is 2.48. The zero-order chi connectivity index (χ0) is 13.2. The molecule has 0 bridgehead atoms. The highest BCUT2D eigenvalue weighted by atomic mass is 35.5. The minimum Gasteiger partial charge on any atom is -1.00 e. The van der Waals surface area contributed by atoms with Gasteiger partial charge in [-0.2, -0.15) is 0 Å². The van der Waals surface area contributed by atoms with Gasteiger partial charge in [0.05, 0.1) is 0 Å². The van der Waals surface area contributed by atoms with Crippen molar-refractivity contribution in [2.75, 3.05) is 26.2 Å². The molecule has 0 atom stereocenters. The molecule has 0 amide bonds. The number of para-hydroxylation sites is 2. The number of hydrogen-bond donors (Lipinski definition) is 3. The van der Waals surface area contributed by atoms with Gasteiger partial charge in [-0.1, -0.05) is 36.4 Å². The smallest absolute Gasteiger partial charge is 0.130 e. The molecule has 124 valence electrons. The second-order valence-corrected chi connectivity index (χ2v) is 4.67. The Morgan fingerprint density at radius 1 is 0.500 bits per heavy atom. The van der Waals surface area contributed by atoms with Gasteiger partial charge in [0.25, 0.3) is 0 Å². The van der Waals surface area contributed by atoms with Gasteiger partial charge in [-0.3, -0.25) is 0 Å². The fourth-order valence-electron chi connectivity index (χ4n) is 2.06. The first kappa shape index (κ1) is 23.5. The van der Waals surface area contributed by atoms with Crippen LogP contribution >= 0.6 is 0 Å². The molecule has 0 unspecified atom stereocenters. The lowest BCUT2D eigenvalue weighted by Gasteiger charge is -2.02. The maximum Gasteiger partial charge on any atom is 0.130 e. The summed E-state index contributed by atoms with van der Waals surface area (Å²) in [5.74, 6) is 0. The van der Waals surface area contributed by atoms with Gasteiger partial charge >= 0.3 is 0 Å². The molecule has 0 spiro atoms. The van der Waals surface area contributed by atoms with Gasteiger partial charge in [-0.05, 0) is 24.3 Å². The SMILES string of the molecule is [Cl-].[Cl-].[Cl-].c1ccc([NH2+]CC[NH2+]CC[NH2+]c2ccccc2)cc1. The zero-order valence-corrected chi connectivity index (χ0v) is 14.7. The van der Waals surface area contributed by atoms with Gasteiger partial charge in [0.1, 0.15) is 37.6 Å². The van der Waals surface area contributed by atoms with Gasteiger partial charge in [-0.15, -0.1) is 0 Å². The maximum atomic E-state index is 2.39. The van der Waals surface area contributed by atoms with Crippen molar-refractivity contribution < 1.29 is 53.2 Å². The fraction of sp³-hybridized carbons (Fsp3) is 0.250. The van der Waals surface area contributed by atoms with Gasteiger partial charge in [0, 0.05) is 0 Å². The lowest BCUT2D eigenvalue weighted by Crippen LogP contribution is -3.00. The molecular formula is C16H24Cl3N3. The second kappa shape index (κ2) is 15.1. The third-order valence-electron chi connectivity index (χ3n) is 3.10. The van der Waals surface area contributed by atoms with Crippen LogP contribution in [0.15, 0.2) is 60.7 Å². The summed E-state index contributed by atoms with van der Waals surface area (Å²) >= 11 is 0. The molecule has 0 aliphatic carbocycles. The minimum atomic E-state index is 0. The summed E-state index contributed by atoms with van der Waals surface area (Å²) in [5.41, 5.74) is 2.65. The van der Waals surface area contributed by atoms with E-state index < -0.39 is 0 Å². The number of quaternary nitrogens is 3. The van der Waals surface area contributed by atoms with Crippen LogP contribution in [0.25, 0.3) is 0 Å². The molecule has 2 aromatic carbocycles. The van der Waals surface area contributed by atoms with Gasteiger partial charge in [0.15, 0.2) is 0 Å². The number of hydrogen-bond acceptors (Lipinski definition) is 0. The van der Waals surface area contributed by atoms with Crippen LogP contribution in [-0.4, -0.2) is 26.2 Å². The standard InChI is InChI=1S/C16H21N3.3ClH/c1-3-7-15(8-4-1)18-13-11-17-12-14-19-16-9-5-2-6-10-16;;;/h1-10,17-19H,11-14H2;3*1H. The zero-order valence-electron chi connectivity index (χ0n) is 12.5. The quantitative estimate of drug-likeness (QED) is 0.308. The molecule has 0 radical (unpaired) electrons. The number of halogens is 3. The second-order valence-electron chi connectivity index (χ2n) is 4.67. The Morgan fingerprint density at radius 2 is 0.864 bits per heavy atom. The van der Waals surface area contributed by atoms with E-state index in [9.17, 15) is 0 Å². The summed E-state index contributed by atoms with van der Waals surface area (Å²) in [6.45, 7) is 4.60. The molecule has 2 rings (SSSR count). The highest BCUT2D eigenvalue weighted by Crippen LogP contribution is 1.95. The largest absolute Gasteiger partial charge is 1.00 e. The lowest BCUT2D eigenvalue weighted by atomic mass is 10.3. The van der Waals surface area contributed by atoms with Crippen LogP contribution in [0, 0.1) is 0 Å². The molecule has 3 nitrogen and oxygen atoms in total. The molecule has 6 heteroatoms. The van der Waals surface area contributed by atoms with Gasteiger partial charge in [-0.25, -0.2) is 0 Å². The summed E-state index contributed by atoms with van der Waals surface area (Å²) < 4.78 is 0. The van der Waals surface area contributed by atoms with Crippen LogP contribution in [0.1, 0.15) is 0 Å². The summed E-state index contributed by atoms with van der Waals surface area (Å²) in [5, 5.41) is 6.99. The lowest BCUT2D eigenvalue weighted by molar-refractivity contribution is -0.719. The molecule has 0 aromatic heterocycles. The van der Waals surface area contributed by atoms with E-state index in [0.717, 1.165) is 26.2 Å². The molecule has 0 aliphatic rings. The normalized spacial score (nSPS) is 9.09. The van der Waals surface area contributed by atoms with E-state index in [1.165, 1.54) is 11.4 Å². The molecule has 2 aromatic rings. The van der Waals surface area contributed by atoms with Crippen LogP contribution in [0.5, 0.6) is 0 Å².